The average molecular weight is 652 g/mol. The van der Waals surface area contributed by atoms with Crippen LogP contribution in [-0.2, 0) is 49.0 Å². The number of oxime groups is 1. The van der Waals surface area contributed by atoms with Crippen molar-refractivity contribution >= 4 is 91.7 Å². The fourth-order valence-corrected chi connectivity index (χ4v) is 6.72. The van der Waals surface area contributed by atoms with Gasteiger partial charge in [-0.15, -0.1) is 23.1 Å². The molecule has 2 aromatic heterocycles. The van der Waals surface area contributed by atoms with Crippen molar-refractivity contribution in [2.45, 2.75) is 43.6 Å². The summed E-state index contributed by atoms with van der Waals surface area (Å²) < 4.78 is 33.7. The number of fused-ring (bicyclic) bond motifs is 2. The summed E-state index contributed by atoms with van der Waals surface area (Å²) in [6.07, 6.45) is 6.20. The number of pyridine rings is 1. The summed E-state index contributed by atoms with van der Waals surface area (Å²) in [4.78, 5) is 48.4. The quantitative estimate of drug-likeness (QED) is 0.0631. The molecule has 42 heavy (non-hydrogen) atoms. The van der Waals surface area contributed by atoms with E-state index in [4.69, 9.17) is 28.1 Å². The van der Waals surface area contributed by atoms with Crippen LogP contribution in [0.5, 0.6) is 0 Å². The van der Waals surface area contributed by atoms with Gasteiger partial charge < -0.3 is 21.0 Å². The molecule has 2 aliphatic heterocycles. The van der Waals surface area contributed by atoms with Crippen molar-refractivity contribution in [2.24, 2.45) is 5.16 Å². The molecule has 1 fully saturated rings. The van der Waals surface area contributed by atoms with Crippen LogP contribution in [0.15, 0.2) is 40.1 Å². The Kier molecular flexibility index (Phi) is 11.5. The number of aryl methyl sites for hydroxylation is 1. The van der Waals surface area contributed by atoms with Gasteiger partial charge in [-0.25, -0.2) is 9.78 Å². The van der Waals surface area contributed by atoms with E-state index in [9.17, 15) is 19.5 Å². The number of nitrogens with zero attached hydrogens (tertiary/aromatic N) is 4. The van der Waals surface area contributed by atoms with Gasteiger partial charge >= 0.3 is 45.9 Å². The summed E-state index contributed by atoms with van der Waals surface area (Å²) >= 11 is 2.57. The number of nitrogens with one attached hydrogen (secondary N) is 1. The van der Waals surface area contributed by atoms with Gasteiger partial charge in [0.05, 0.1) is 0 Å². The number of thioether (sulfide) groups is 1. The Morgan fingerprint density at radius 1 is 1.31 bits per heavy atom. The number of hydrogen-bond acceptors (Lipinski definition) is 11. The minimum atomic E-state index is -4.67. The van der Waals surface area contributed by atoms with Crippen LogP contribution in [0.4, 0.5) is 5.13 Å². The maximum atomic E-state index is 13.1. The number of carbonyl (C=O) groups excluding carboxylic acids is 2. The van der Waals surface area contributed by atoms with Crippen LogP contribution in [0.1, 0.15) is 29.8 Å². The van der Waals surface area contributed by atoms with Gasteiger partial charge in [-0.2, -0.15) is 13.0 Å². The van der Waals surface area contributed by atoms with E-state index >= 15 is 0 Å². The predicted molar refractivity (Wildman–Crippen MR) is 154 cm³/mol. The van der Waals surface area contributed by atoms with Gasteiger partial charge in [0.15, 0.2) is 29.3 Å². The van der Waals surface area contributed by atoms with E-state index in [1.165, 1.54) is 35.0 Å². The zero-order valence-corrected chi connectivity index (χ0v) is 24.0. The molecular weight excluding hydrogens is 623 g/mol. The molecule has 222 valence electrons. The van der Waals surface area contributed by atoms with Crippen LogP contribution in [0.3, 0.4) is 0 Å². The van der Waals surface area contributed by atoms with E-state index in [0.29, 0.717) is 17.9 Å². The zero-order valence-electron chi connectivity index (χ0n) is 21.6. The van der Waals surface area contributed by atoms with Crippen molar-refractivity contribution in [1.82, 2.24) is 15.2 Å². The number of anilines is 1. The van der Waals surface area contributed by atoms with Gasteiger partial charge in [-0.1, -0.05) is 5.16 Å². The molecule has 2 amide bonds. The Morgan fingerprint density at radius 3 is 2.62 bits per heavy atom. The Labute approximate surface area is 271 Å². The first-order valence-electron chi connectivity index (χ1n) is 12.1. The zero-order chi connectivity index (χ0) is 29.9. The number of nitrogen functional groups attached to an aromatic ring is 1. The number of β-lactam (4-membered cyclic amide) rings is 1. The van der Waals surface area contributed by atoms with Crippen molar-refractivity contribution in [3.63, 3.8) is 0 Å². The van der Waals surface area contributed by atoms with E-state index in [1.54, 1.807) is 5.38 Å². The number of aliphatic carboxylic acids is 1. The topological polar surface area (TPSA) is 226 Å². The van der Waals surface area contributed by atoms with E-state index in [1.807, 2.05) is 12.3 Å². The second kappa shape index (κ2) is 14.3. The number of aromatic nitrogens is 2. The summed E-state index contributed by atoms with van der Waals surface area (Å²) in [7, 11) is -3.37. The van der Waals surface area contributed by atoms with Crippen molar-refractivity contribution in [1.29, 1.82) is 0 Å². The first-order valence-corrected chi connectivity index (χ1v) is 15.4. The molecule has 3 aliphatic rings. The molecule has 0 aromatic carbocycles. The van der Waals surface area contributed by atoms with E-state index in [0.717, 1.165) is 37.0 Å². The normalized spacial score (nSPS) is 19.7. The van der Waals surface area contributed by atoms with E-state index in [2.05, 4.69) is 26.1 Å². The Balaban J connectivity index is 0.000000745. The first kappa shape index (κ1) is 33.9. The Bertz CT molecular complexity index is 1540. The van der Waals surface area contributed by atoms with Gasteiger partial charge in [0.25, 0.3) is 11.8 Å². The van der Waals surface area contributed by atoms with E-state index in [-0.39, 0.29) is 51.8 Å². The third-order valence-electron chi connectivity index (χ3n) is 6.45. The second-order valence-corrected chi connectivity index (χ2v) is 12.0. The predicted octanol–water partition coefficient (Wildman–Crippen LogP) is -0.620. The molecule has 1 aliphatic carbocycles. The molecule has 0 radical (unpaired) electrons. The average Bonchev–Trinajstić information content (AvgIpc) is 3.34. The van der Waals surface area contributed by atoms with Crippen molar-refractivity contribution in [3.8, 4) is 0 Å². The second-order valence-electron chi connectivity index (χ2n) is 9.07. The number of amides is 2. The number of carbonyl (C=O) groups is 3. The van der Waals surface area contributed by atoms with Crippen molar-refractivity contribution in [3.05, 3.63) is 51.9 Å². The van der Waals surface area contributed by atoms with Crippen LogP contribution in [0.25, 0.3) is 0 Å². The number of nitrogens with two attached hydrogens (primary N) is 1. The summed E-state index contributed by atoms with van der Waals surface area (Å²) in [5.74, 6) is -1.86. The fourth-order valence-electron chi connectivity index (χ4n) is 4.83. The van der Waals surface area contributed by atoms with Gasteiger partial charge in [-0.3, -0.25) is 23.6 Å². The van der Waals surface area contributed by atoms with Crippen molar-refractivity contribution in [2.75, 3.05) is 18.6 Å². The molecule has 4 heterocycles. The molecule has 15 nitrogen and oxygen atoms in total. The monoisotopic (exact) mass is 651 g/mol. The van der Waals surface area contributed by atoms with Crippen LogP contribution >= 0.6 is 23.1 Å². The standard InChI is InChI=1S/C23H24N6O5S2.Na.H2O4S.H/c1-34-27-16(14-11-36-23(24)25-14)19(30)26-17-20(31)29-18(22(32)33)13(10-35-21(17)29)9-28-8-4-6-12-5-2-3-7-15(12)28;;1-5(2,3)4;/h4,6,8,11,17,21H,2-3,5,7,9-10H2,1H3,(H3-,24,25,26,30,32,33);;(H2,1,2,3,4);/p+1/b27-16+;;;/t17-,21-;;;/m1.../s1. The molecule has 1 saturated heterocycles. The third kappa shape index (κ3) is 7.87. The molecule has 2 atom stereocenters. The summed E-state index contributed by atoms with van der Waals surface area (Å²) in [6.45, 7) is 0.404. The molecule has 0 bridgehead atoms. The van der Waals surface area contributed by atoms with Crippen LogP contribution in [0, 0.1) is 0 Å². The third-order valence-corrected chi connectivity index (χ3v) is 8.46. The minimum absolute atomic E-state index is 0. The van der Waals surface area contributed by atoms with Gasteiger partial charge in [0.2, 0.25) is 0 Å². The van der Waals surface area contributed by atoms with Crippen molar-refractivity contribution < 1.29 is 46.4 Å². The fraction of sp³-hybridized carbons (Fsp3) is 0.391. The molecule has 0 spiro atoms. The number of carboxylic acid groups (broad SMARTS) is 1. The number of thiazole rings is 1. The molecule has 2 aromatic rings. The summed E-state index contributed by atoms with van der Waals surface area (Å²) in [6, 6.07) is 3.21. The van der Waals surface area contributed by atoms with Crippen LogP contribution in [0.2, 0.25) is 0 Å². The number of carboxylic acids is 1. The molecule has 19 heteroatoms. The number of rotatable bonds is 7. The first-order chi connectivity index (χ1) is 19.4. The number of hydrogen-bond donors (Lipinski definition) is 5. The van der Waals surface area contributed by atoms with Crippen LogP contribution < -0.4 is 15.6 Å². The summed E-state index contributed by atoms with van der Waals surface area (Å²) in [5.41, 5.74) is 8.96. The Hall–Kier alpha value is -2.58. The molecule has 0 saturated carbocycles. The van der Waals surface area contributed by atoms with Gasteiger partial charge in [-0.05, 0) is 25.3 Å². The molecule has 6 N–H and O–H groups in total. The molecular formula is C23H28N6NaO9S3+. The molecule has 0 unspecified atom stereocenters. The maximum absolute atomic E-state index is 13.1. The Morgan fingerprint density at radius 2 is 2.00 bits per heavy atom. The summed E-state index contributed by atoms with van der Waals surface area (Å²) in [5, 5.41) is 17.7. The van der Waals surface area contributed by atoms with Gasteiger partial charge in [0.1, 0.15) is 29.9 Å². The SMILES string of the molecule is CO/N=C(/C(=O)N[C@@H]1C(=O)N2C(C(=O)O)=C(C[n+]3cccc4c3CCCC4)CS[C@H]12)c1csc(N)n1.O=S(=O)(O)O.[NaH]. The van der Waals surface area contributed by atoms with Gasteiger partial charge in [0, 0.05) is 34.8 Å². The van der Waals surface area contributed by atoms with Crippen LogP contribution in [-0.4, -0.2) is 110 Å². The molecule has 5 rings (SSSR count). The van der Waals surface area contributed by atoms with E-state index < -0.39 is 39.6 Å².